The summed E-state index contributed by atoms with van der Waals surface area (Å²) in [6, 6.07) is 0. The summed E-state index contributed by atoms with van der Waals surface area (Å²) in [5.41, 5.74) is 5.21. The van der Waals surface area contributed by atoms with E-state index >= 15 is 0 Å². The van der Waals surface area contributed by atoms with E-state index in [4.69, 9.17) is 10.8 Å². The van der Waals surface area contributed by atoms with Crippen molar-refractivity contribution in [3.63, 3.8) is 0 Å². The van der Waals surface area contributed by atoms with E-state index in [2.05, 4.69) is 5.32 Å². The number of hydrogen-bond acceptors (Lipinski definition) is 3. The van der Waals surface area contributed by atoms with Gasteiger partial charge >= 0.3 is 0 Å². The Morgan fingerprint density at radius 2 is 2.31 bits per heavy atom. The molecule has 0 saturated carbocycles. The second kappa shape index (κ2) is 8.01. The highest BCUT2D eigenvalue weighted by atomic mass is 16.3. The number of carbonyl (C=O) groups is 1. The molecule has 0 aliphatic rings. The van der Waals surface area contributed by atoms with E-state index in [0.29, 0.717) is 25.4 Å². The molecule has 4 N–H and O–H groups in total. The van der Waals surface area contributed by atoms with Crippen LogP contribution in [-0.4, -0.2) is 30.7 Å². The molecule has 0 aromatic rings. The lowest BCUT2D eigenvalue weighted by molar-refractivity contribution is -0.120. The van der Waals surface area contributed by atoms with E-state index in [1.54, 1.807) is 0 Å². The van der Waals surface area contributed by atoms with Gasteiger partial charge in [0.05, 0.1) is 0 Å². The summed E-state index contributed by atoms with van der Waals surface area (Å²) < 4.78 is 0. The number of carbonyl (C=O) groups excluding carboxylic acids is 1. The van der Waals surface area contributed by atoms with Crippen LogP contribution in [0.4, 0.5) is 0 Å². The summed E-state index contributed by atoms with van der Waals surface area (Å²) in [6.45, 7) is 3.29. The predicted molar refractivity (Wildman–Crippen MR) is 52.2 cm³/mol. The van der Waals surface area contributed by atoms with Crippen molar-refractivity contribution in [3.8, 4) is 0 Å². The first-order valence-corrected chi connectivity index (χ1v) is 4.78. The standard InChI is InChI=1S/C9H20N2O2/c1-8(7-12)3-2-6-11-9(13)4-5-10/h8,12H,2-7,10H2,1H3,(H,11,13). The summed E-state index contributed by atoms with van der Waals surface area (Å²) in [6.07, 6.45) is 2.26. The third-order valence-corrected chi connectivity index (χ3v) is 1.88. The van der Waals surface area contributed by atoms with Gasteiger partial charge in [-0.15, -0.1) is 0 Å². The van der Waals surface area contributed by atoms with E-state index in [1.165, 1.54) is 0 Å². The Balaban J connectivity index is 3.20. The molecule has 1 atom stereocenters. The molecule has 0 aliphatic heterocycles. The first-order valence-electron chi connectivity index (χ1n) is 4.78. The molecule has 78 valence electrons. The van der Waals surface area contributed by atoms with E-state index in [0.717, 1.165) is 12.8 Å². The Hall–Kier alpha value is -0.610. The van der Waals surface area contributed by atoms with Gasteiger partial charge in [0.15, 0.2) is 0 Å². The second-order valence-electron chi connectivity index (χ2n) is 3.32. The Morgan fingerprint density at radius 1 is 1.62 bits per heavy atom. The maximum absolute atomic E-state index is 10.9. The molecule has 0 rings (SSSR count). The number of aliphatic hydroxyl groups is 1. The van der Waals surface area contributed by atoms with Crippen LogP contribution < -0.4 is 11.1 Å². The van der Waals surface area contributed by atoms with Gasteiger partial charge in [-0.2, -0.15) is 0 Å². The molecule has 0 radical (unpaired) electrons. The molecule has 0 spiro atoms. The number of nitrogens with two attached hydrogens (primary N) is 1. The molecule has 0 aromatic carbocycles. The lowest BCUT2D eigenvalue weighted by atomic mass is 10.1. The maximum atomic E-state index is 10.9. The van der Waals surface area contributed by atoms with Crippen LogP contribution in [0.2, 0.25) is 0 Å². The van der Waals surface area contributed by atoms with E-state index in [-0.39, 0.29) is 12.5 Å². The SMILES string of the molecule is CC(CO)CCCNC(=O)CCN. The minimum Gasteiger partial charge on any atom is -0.396 e. The average molecular weight is 188 g/mol. The van der Waals surface area contributed by atoms with Crippen molar-refractivity contribution >= 4 is 5.91 Å². The molecule has 0 aliphatic carbocycles. The number of amides is 1. The zero-order valence-electron chi connectivity index (χ0n) is 8.25. The van der Waals surface area contributed by atoms with Crippen LogP contribution in [0.3, 0.4) is 0 Å². The van der Waals surface area contributed by atoms with Crippen molar-refractivity contribution in [2.45, 2.75) is 26.2 Å². The molecular formula is C9H20N2O2. The van der Waals surface area contributed by atoms with Gasteiger partial charge in [-0.05, 0) is 18.8 Å². The topological polar surface area (TPSA) is 75.3 Å². The minimum absolute atomic E-state index is 0.0131. The summed E-state index contributed by atoms with van der Waals surface area (Å²) in [5, 5.41) is 11.5. The van der Waals surface area contributed by atoms with E-state index in [9.17, 15) is 4.79 Å². The third kappa shape index (κ3) is 7.74. The number of hydrogen-bond donors (Lipinski definition) is 3. The fourth-order valence-corrected chi connectivity index (χ4v) is 0.989. The Labute approximate surface area is 79.5 Å². The molecule has 0 heterocycles. The van der Waals surface area contributed by atoms with Gasteiger partial charge in [0.25, 0.3) is 0 Å². The zero-order valence-corrected chi connectivity index (χ0v) is 8.25. The first-order chi connectivity index (χ1) is 6.20. The van der Waals surface area contributed by atoms with Crippen LogP contribution in [0.5, 0.6) is 0 Å². The van der Waals surface area contributed by atoms with Gasteiger partial charge < -0.3 is 16.2 Å². The van der Waals surface area contributed by atoms with Gasteiger partial charge in [0.2, 0.25) is 5.91 Å². The monoisotopic (exact) mass is 188 g/mol. The second-order valence-corrected chi connectivity index (χ2v) is 3.32. The molecule has 4 heteroatoms. The van der Waals surface area contributed by atoms with Gasteiger partial charge in [0.1, 0.15) is 0 Å². The fraction of sp³-hybridized carbons (Fsp3) is 0.889. The zero-order chi connectivity index (χ0) is 10.1. The Bertz CT molecular complexity index is 140. The van der Waals surface area contributed by atoms with Crippen LogP contribution in [-0.2, 0) is 4.79 Å². The Kier molecular flexibility index (Phi) is 7.63. The number of rotatable bonds is 7. The highest BCUT2D eigenvalue weighted by Gasteiger charge is 2.01. The molecule has 13 heavy (non-hydrogen) atoms. The smallest absolute Gasteiger partial charge is 0.221 e. The van der Waals surface area contributed by atoms with Crippen LogP contribution in [0.25, 0.3) is 0 Å². The summed E-state index contributed by atoms with van der Waals surface area (Å²) in [4.78, 5) is 10.9. The highest BCUT2D eigenvalue weighted by molar-refractivity contribution is 5.75. The summed E-state index contributed by atoms with van der Waals surface area (Å²) in [7, 11) is 0. The van der Waals surface area contributed by atoms with Crippen molar-refractivity contribution in [1.82, 2.24) is 5.32 Å². The minimum atomic E-state index is 0.0131. The normalized spacial score (nSPS) is 12.5. The lowest BCUT2D eigenvalue weighted by Crippen LogP contribution is -2.26. The van der Waals surface area contributed by atoms with Crippen molar-refractivity contribution < 1.29 is 9.90 Å². The summed E-state index contributed by atoms with van der Waals surface area (Å²) in [5.74, 6) is 0.338. The van der Waals surface area contributed by atoms with Crippen LogP contribution in [0.1, 0.15) is 26.2 Å². The lowest BCUT2D eigenvalue weighted by Gasteiger charge is -2.07. The van der Waals surface area contributed by atoms with Gasteiger partial charge in [-0.25, -0.2) is 0 Å². The Morgan fingerprint density at radius 3 is 2.85 bits per heavy atom. The van der Waals surface area contributed by atoms with E-state index in [1.807, 2.05) is 6.92 Å². The van der Waals surface area contributed by atoms with Crippen LogP contribution >= 0.6 is 0 Å². The van der Waals surface area contributed by atoms with Crippen molar-refractivity contribution in [2.24, 2.45) is 11.7 Å². The quantitative estimate of drug-likeness (QED) is 0.487. The molecule has 0 aromatic heterocycles. The molecule has 1 unspecified atom stereocenters. The van der Waals surface area contributed by atoms with Gasteiger partial charge in [0, 0.05) is 26.1 Å². The summed E-state index contributed by atoms with van der Waals surface area (Å²) >= 11 is 0. The third-order valence-electron chi connectivity index (χ3n) is 1.88. The number of nitrogens with one attached hydrogen (secondary N) is 1. The van der Waals surface area contributed by atoms with Gasteiger partial charge in [-0.3, -0.25) is 4.79 Å². The van der Waals surface area contributed by atoms with Crippen LogP contribution in [0, 0.1) is 5.92 Å². The predicted octanol–water partition coefficient (Wildman–Crippen LogP) is -0.140. The molecule has 4 nitrogen and oxygen atoms in total. The van der Waals surface area contributed by atoms with E-state index < -0.39 is 0 Å². The van der Waals surface area contributed by atoms with Crippen molar-refractivity contribution in [1.29, 1.82) is 0 Å². The molecule has 0 bridgehead atoms. The average Bonchev–Trinajstić information content (AvgIpc) is 2.12. The van der Waals surface area contributed by atoms with Crippen molar-refractivity contribution in [3.05, 3.63) is 0 Å². The molecular weight excluding hydrogens is 168 g/mol. The van der Waals surface area contributed by atoms with Crippen LogP contribution in [0.15, 0.2) is 0 Å². The maximum Gasteiger partial charge on any atom is 0.221 e. The fourth-order valence-electron chi connectivity index (χ4n) is 0.989. The molecule has 0 saturated heterocycles. The highest BCUT2D eigenvalue weighted by Crippen LogP contribution is 2.02. The van der Waals surface area contributed by atoms with Gasteiger partial charge in [-0.1, -0.05) is 6.92 Å². The number of aliphatic hydroxyl groups excluding tert-OH is 1. The molecule has 0 fully saturated rings. The first kappa shape index (κ1) is 12.4. The largest absolute Gasteiger partial charge is 0.396 e. The van der Waals surface area contributed by atoms with Crippen molar-refractivity contribution in [2.75, 3.05) is 19.7 Å². The molecule has 1 amide bonds.